The second-order valence-corrected chi connectivity index (χ2v) is 11.4. The first-order chi connectivity index (χ1) is 18.2. The normalized spacial score (nSPS) is 15.6. The second-order valence-electron chi connectivity index (χ2n) is 9.94. The molecule has 0 bridgehead atoms. The van der Waals surface area contributed by atoms with Gasteiger partial charge in [-0.25, -0.2) is 13.6 Å². The SMILES string of the molecule is Cc1c(Sc2cccc(C(=O)O)c2)c2ccc(Cl)c(F)c2n1CC(=O)N1CC2(CCC2)c2c(F)cccc21. The molecule has 6 rings (SSSR count). The summed E-state index contributed by atoms with van der Waals surface area (Å²) in [5, 5.41) is 9.89. The lowest BCUT2D eigenvalue weighted by Crippen LogP contribution is -2.42. The Morgan fingerprint density at radius 3 is 2.58 bits per heavy atom. The summed E-state index contributed by atoms with van der Waals surface area (Å²) in [4.78, 5) is 28.2. The summed E-state index contributed by atoms with van der Waals surface area (Å²) in [7, 11) is 0. The van der Waals surface area contributed by atoms with Gasteiger partial charge in [0.2, 0.25) is 5.91 Å². The number of amides is 1. The average molecular weight is 553 g/mol. The lowest BCUT2D eigenvalue weighted by Gasteiger charge is -2.39. The van der Waals surface area contributed by atoms with Crippen molar-refractivity contribution in [2.45, 2.75) is 47.9 Å². The van der Waals surface area contributed by atoms with Crippen molar-refractivity contribution >= 4 is 51.8 Å². The number of nitrogens with zero attached hydrogens (tertiary/aromatic N) is 2. The molecule has 1 fully saturated rings. The first kappa shape index (κ1) is 24.9. The summed E-state index contributed by atoms with van der Waals surface area (Å²) in [6.45, 7) is 2.06. The minimum absolute atomic E-state index is 0.0601. The van der Waals surface area contributed by atoms with Gasteiger partial charge in [-0.15, -0.1) is 0 Å². The number of benzene rings is 3. The predicted molar refractivity (Wildman–Crippen MR) is 143 cm³/mol. The highest BCUT2D eigenvalue weighted by Gasteiger charge is 2.50. The molecule has 0 radical (unpaired) electrons. The molecule has 194 valence electrons. The van der Waals surface area contributed by atoms with Crippen LogP contribution in [0, 0.1) is 18.6 Å². The van der Waals surface area contributed by atoms with E-state index in [9.17, 15) is 19.1 Å². The van der Waals surface area contributed by atoms with Crippen LogP contribution in [0.3, 0.4) is 0 Å². The number of aromatic carboxylic acids is 1. The van der Waals surface area contributed by atoms with E-state index in [1.165, 1.54) is 30.0 Å². The third kappa shape index (κ3) is 3.81. The van der Waals surface area contributed by atoms with Crippen LogP contribution >= 0.6 is 23.4 Å². The number of halogens is 3. The first-order valence-corrected chi connectivity index (χ1v) is 13.5. The summed E-state index contributed by atoms with van der Waals surface area (Å²) in [6, 6.07) is 14.5. The van der Waals surface area contributed by atoms with E-state index in [4.69, 9.17) is 11.6 Å². The highest BCUT2D eigenvalue weighted by Crippen LogP contribution is 2.53. The zero-order chi connectivity index (χ0) is 26.8. The topological polar surface area (TPSA) is 62.5 Å². The van der Waals surface area contributed by atoms with Gasteiger partial charge < -0.3 is 14.6 Å². The van der Waals surface area contributed by atoms with Gasteiger partial charge in [0.05, 0.1) is 21.8 Å². The monoisotopic (exact) mass is 552 g/mol. The minimum atomic E-state index is -1.04. The fourth-order valence-electron chi connectivity index (χ4n) is 5.79. The maximum absolute atomic E-state index is 15.5. The number of hydrogen-bond donors (Lipinski definition) is 1. The Kier molecular flexibility index (Phi) is 6.00. The molecule has 0 saturated heterocycles. The van der Waals surface area contributed by atoms with Crippen LogP contribution in [0.1, 0.15) is 40.9 Å². The van der Waals surface area contributed by atoms with E-state index >= 15 is 4.39 Å². The smallest absolute Gasteiger partial charge is 0.335 e. The number of rotatable bonds is 5. The van der Waals surface area contributed by atoms with Crippen LogP contribution in [0.5, 0.6) is 0 Å². The molecule has 4 aromatic rings. The summed E-state index contributed by atoms with van der Waals surface area (Å²) in [5.74, 6) is -2.22. The number of carbonyl (C=O) groups is 2. The third-order valence-electron chi connectivity index (χ3n) is 7.80. The fraction of sp³-hybridized carbons (Fsp3) is 0.241. The molecule has 5 nitrogen and oxygen atoms in total. The van der Waals surface area contributed by atoms with Crippen molar-refractivity contribution in [2.24, 2.45) is 0 Å². The molecule has 0 atom stereocenters. The molecule has 1 aromatic heterocycles. The molecule has 1 spiro atoms. The van der Waals surface area contributed by atoms with Crippen molar-refractivity contribution in [1.82, 2.24) is 4.57 Å². The summed E-state index contributed by atoms with van der Waals surface area (Å²) in [5.41, 5.74) is 1.84. The third-order valence-corrected chi connectivity index (χ3v) is 9.30. The van der Waals surface area contributed by atoms with Gasteiger partial charge in [0.25, 0.3) is 0 Å². The molecule has 1 N–H and O–H groups in total. The van der Waals surface area contributed by atoms with Crippen LogP contribution in [0.25, 0.3) is 10.9 Å². The molecule has 1 aliphatic carbocycles. The molecule has 1 aliphatic heterocycles. The molecule has 0 unspecified atom stereocenters. The van der Waals surface area contributed by atoms with Crippen molar-refractivity contribution < 1.29 is 23.5 Å². The van der Waals surface area contributed by atoms with Gasteiger partial charge >= 0.3 is 5.97 Å². The van der Waals surface area contributed by atoms with Crippen molar-refractivity contribution in [3.05, 3.63) is 88.1 Å². The Balaban J connectivity index is 1.41. The Morgan fingerprint density at radius 1 is 1.11 bits per heavy atom. The molecular formula is C29H23ClF2N2O3S. The summed E-state index contributed by atoms with van der Waals surface area (Å²) in [6.07, 6.45) is 2.65. The highest BCUT2D eigenvalue weighted by atomic mass is 35.5. The predicted octanol–water partition coefficient (Wildman–Crippen LogP) is 7.20. The van der Waals surface area contributed by atoms with Crippen LogP contribution in [0.4, 0.5) is 14.5 Å². The quantitative estimate of drug-likeness (QED) is 0.284. The largest absolute Gasteiger partial charge is 0.478 e. The zero-order valence-electron chi connectivity index (χ0n) is 20.4. The maximum Gasteiger partial charge on any atom is 0.335 e. The van der Waals surface area contributed by atoms with Crippen LogP contribution in [0.15, 0.2) is 64.4 Å². The molecule has 3 aromatic carbocycles. The van der Waals surface area contributed by atoms with Crippen molar-refractivity contribution in [1.29, 1.82) is 0 Å². The number of carboxylic acid groups (broad SMARTS) is 1. The standard InChI is InChI=1S/C29H23ClF2N2O3S/c1-16-27(38-18-6-2-5-17(13-18)28(36)37)19-9-10-20(30)25(32)26(19)33(16)14-23(35)34-15-29(11-4-12-29)24-21(31)7-3-8-22(24)34/h2-3,5-10,13H,4,11-12,14-15H2,1H3,(H,36,37). The Hall–Kier alpha value is -3.36. The van der Waals surface area contributed by atoms with Crippen molar-refractivity contribution in [2.75, 3.05) is 11.4 Å². The van der Waals surface area contributed by atoms with Gasteiger partial charge in [-0.1, -0.05) is 41.9 Å². The van der Waals surface area contributed by atoms with Crippen molar-refractivity contribution in [3.63, 3.8) is 0 Å². The lowest BCUT2D eigenvalue weighted by atomic mass is 9.65. The lowest BCUT2D eigenvalue weighted by molar-refractivity contribution is -0.119. The van der Waals surface area contributed by atoms with E-state index in [1.54, 1.807) is 52.8 Å². The van der Waals surface area contributed by atoms with E-state index in [0.717, 1.165) is 19.3 Å². The minimum Gasteiger partial charge on any atom is -0.478 e. The van der Waals surface area contributed by atoms with Crippen LogP contribution < -0.4 is 4.90 Å². The average Bonchev–Trinajstić information content (AvgIpc) is 3.37. The number of fused-ring (bicyclic) bond motifs is 3. The molecule has 2 aliphatic rings. The maximum atomic E-state index is 15.5. The van der Waals surface area contributed by atoms with E-state index in [-0.39, 0.29) is 39.8 Å². The Bertz CT molecular complexity index is 1650. The summed E-state index contributed by atoms with van der Waals surface area (Å²) < 4.78 is 32.0. The molecule has 2 heterocycles. The molecule has 38 heavy (non-hydrogen) atoms. The molecule has 1 amide bonds. The van der Waals surface area contributed by atoms with Gasteiger partial charge in [0.15, 0.2) is 5.82 Å². The van der Waals surface area contributed by atoms with Gasteiger partial charge in [0.1, 0.15) is 12.4 Å². The number of anilines is 1. The zero-order valence-corrected chi connectivity index (χ0v) is 22.0. The van der Waals surface area contributed by atoms with Crippen LogP contribution in [0.2, 0.25) is 5.02 Å². The van der Waals surface area contributed by atoms with E-state index in [1.807, 2.05) is 0 Å². The van der Waals surface area contributed by atoms with Gasteiger partial charge in [-0.3, -0.25) is 4.79 Å². The molecule has 1 saturated carbocycles. The number of carboxylic acids is 1. The number of carbonyl (C=O) groups excluding carboxylic acids is 1. The number of aromatic nitrogens is 1. The fourth-order valence-corrected chi connectivity index (χ4v) is 7.05. The van der Waals surface area contributed by atoms with E-state index in [0.29, 0.717) is 38.7 Å². The number of hydrogen-bond acceptors (Lipinski definition) is 3. The Morgan fingerprint density at radius 2 is 1.87 bits per heavy atom. The first-order valence-electron chi connectivity index (χ1n) is 12.3. The van der Waals surface area contributed by atoms with Crippen molar-refractivity contribution in [3.8, 4) is 0 Å². The van der Waals surface area contributed by atoms with Gasteiger partial charge in [-0.2, -0.15) is 0 Å². The summed E-state index contributed by atoms with van der Waals surface area (Å²) >= 11 is 7.46. The Labute approximate surface area is 227 Å². The van der Waals surface area contributed by atoms with E-state index < -0.39 is 11.8 Å². The second kappa shape index (κ2) is 9.13. The molecule has 9 heteroatoms. The van der Waals surface area contributed by atoms with Gasteiger partial charge in [-0.05, 0) is 62.2 Å². The van der Waals surface area contributed by atoms with E-state index in [2.05, 4.69) is 0 Å². The molecular weight excluding hydrogens is 530 g/mol. The van der Waals surface area contributed by atoms with Crippen LogP contribution in [-0.4, -0.2) is 28.1 Å². The highest BCUT2D eigenvalue weighted by molar-refractivity contribution is 7.99. The van der Waals surface area contributed by atoms with Gasteiger partial charge in [0, 0.05) is 38.4 Å². The van der Waals surface area contributed by atoms with Crippen LogP contribution in [-0.2, 0) is 16.8 Å².